The number of aryl methyl sites for hydroxylation is 1. The van der Waals surface area contributed by atoms with Gasteiger partial charge in [-0.05, 0) is 42.8 Å². The van der Waals surface area contributed by atoms with Gasteiger partial charge < -0.3 is 5.32 Å². The van der Waals surface area contributed by atoms with Crippen LogP contribution >= 0.6 is 0 Å². The highest BCUT2D eigenvalue weighted by Crippen LogP contribution is 2.09. The van der Waals surface area contributed by atoms with Gasteiger partial charge in [-0.1, -0.05) is 20.3 Å². The fourth-order valence-corrected chi connectivity index (χ4v) is 2.55. The van der Waals surface area contributed by atoms with Gasteiger partial charge in [0.15, 0.2) is 5.82 Å². The van der Waals surface area contributed by atoms with E-state index in [1.807, 2.05) is 4.68 Å². The molecule has 0 amide bonds. The number of nitrogens with zero attached hydrogens (tertiary/aromatic N) is 5. The van der Waals surface area contributed by atoms with Crippen molar-refractivity contribution in [3.63, 3.8) is 0 Å². The Morgan fingerprint density at radius 1 is 1.42 bits per heavy atom. The fourth-order valence-electron chi connectivity index (χ4n) is 2.55. The lowest BCUT2D eigenvalue weighted by atomic mass is 10.2. The number of likely N-dealkylation sites (N-methyl/N-ethyl adjacent to an activating group) is 1. The van der Waals surface area contributed by atoms with Gasteiger partial charge >= 0.3 is 0 Å². The van der Waals surface area contributed by atoms with Crippen LogP contribution < -0.4 is 5.32 Å². The summed E-state index contributed by atoms with van der Waals surface area (Å²) in [5, 5.41) is 15.6. The van der Waals surface area contributed by atoms with Crippen molar-refractivity contribution in [1.29, 1.82) is 0 Å². The molecular formula is C13H26N6. The molecule has 0 saturated carbocycles. The number of unbranched alkanes of at least 4 members (excludes halogenated alkanes) is 1. The van der Waals surface area contributed by atoms with Crippen LogP contribution in [0, 0.1) is 0 Å². The summed E-state index contributed by atoms with van der Waals surface area (Å²) in [5.41, 5.74) is 0. The van der Waals surface area contributed by atoms with Gasteiger partial charge in [0.05, 0.1) is 6.54 Å². The predicted molar refractivity (Wildman–Crippen MR) is 74.7 cm³/mol. The van der Waals surface area contributed by atoms with Crippen molar-refractivity contribution in [1.82, 2.24) is 30.4 Å². The van der Waals surface area contributed by atoms with Crippen molar-refractivity contribution >= 4 is 0 Å². The van der Waals surface area contributed by atoms with Crippen LogP contribution in [-0.4, -0.2) is 50.8 Å². The zero-order valence-corrected chi connectivity index (χ0v) is 12.2. The van der Waals surface area contributed by atoms with Crippen LogP contribution in [0.3, 0.4) is 0 Å². The topological polar surface area (TPSA) is 58.9 Å². The Bertz CT molecular complexity index is 358. The van der Waals surface area contributed by atoms with Gasteiger partial charge in [-0.2, -0.15) is 0 Å². The molecule has 1 aromatic heterocycles. The van der Waals surface area contributed by atoms with Crippen molar-refractivity contribution in [3.8, 4) is 0 Å². The molecule has 0 bridgehead atoms. The van der Waals surface area contributed by atoms with Gasteiger partial charge in [0.1, 0.15) is 0 Å². The first kappa shape index (κ1) is 14.4. The van der Waals surface area contributed by atoms with Crippen molar-refractivity contribution in [2.45, 2.75) is 58.7 Å². The molecule has 1 fully saturated rings. The summed E-state index contributed by atoms with van der Waals surface area (Å²) in [4.78, 5) is 2.43. The molecule has 6 heteroatoms. The number of hydrogen-bond acceptors (Lipinski definition) is 5. The molecule has 2 heterocycles. The van der Waals surface area contributed by atoms with Crippen molar-refractivity contribution < 1.29 is 0 Å². The Hall–Kier alpha value is -1.01. The lowest BCUT2D eigenvalue weighted by Gasteiger charge is -2.23. The first-order valence-corrected chi connectivity index (χ1v) is 7.54. The zero-order chi connectivity index (χ0) is 13.5. The Kier molecular flexibility index (Phi) is 5.72. The zero-order valence-electron chi connectivity index (χ0n) is 12.2. The summed E-state index contributed by atoms with van der Waals surface area (Å²) >= 11 is 0. The minimum atomic E-state index is 0.639. The second-order valence-electron chi connectivity index (χ2n) is 5.29. The van der Waals surface area contributed by atoms with Gasteiger partial charge in [0.2, 0.25) is 0 Å². The highest BCUT2D eigenvalue weighted by atomic mass is 15.5. The van der Waals surface area contributed by atoms with Gasteiger partial charge in [-0.3, -0.25) is 4.90 Å². The molecule has 108 valence electrons. The third kappa shape index (κ3) is 4.24. The number of hydrogen-bond donors (Lipinski definition) is 1. The van der Waals surface area contributed by atoms with Gasteiger partial charge in [-0.25, -0.2) is 4.68 Å². The molecule has 0 aromatic carbocycles. The number of nitrogens with one attached hydrogen (secondary N) is 1. The van der Waals surface area contributed by atoms with E-state index in [-0.39, 0.29) is 0 Å². The van der Waals surface area contributed by atoms with Crippen molar-refractivity contribution in [2.24, 2.45) is 0 Å². The second-order valence-corrected chi connectivity index (χ2v) is 5.29. The molecule has 0 spiro atoms. The van der Waals surface area contributed by atoms with Crippen LogP contribution in [0.5, 0.6) is 0 Å². The number of tetrazole rings is 1. The minimum absolute atomic E-state index is 0.639. The molecule has 1 aliphatic rings. The molecule has 2 rings (SSSR count). The van der Waals surface area contributed by atoms with E-state index in [1.165, 1.54) is 19.3 Å². The maximum absolute atomic E-state index is 4.17. The van der Waals surface area contributed by atoms with E-state index in [0.29, 0.717) is 6.04 Å². The van der Waals surface area contributed by atoms with Crippen LogP contribution in [0.1, 0.15) is 45.4 Å². The summed E-state index contributed by atoms with van der Waals surface area (Å²) in [7, 11) is 0. The average Bonchev–Trinajstić information content (AvgIpc) is 3.07. The standard InChI is InChI=1S/C13H26N6/c1-3-5-9-19-13(15-16-17-19)11-18(4-2)10-12-7-6-8-14-12/h12,14H,3-11H2,1-2H3. The molecule has 19 heavy (non-hydrogen) atoms. The largest absolute Gasteiger partial charge is 0.313 e. The molecule has 1 aromatic rings. The Balaban J connectivity index is 1.87. The van der Waals surface area contributed by atoms with Crippen LogP contribution in [0.25, 0.3) is 0 Å². The van der Waals surface area contributed by atoms with E-state index >= 15 is 0 Å². The normalized spacial score (nSPS) is 19.4. The molecule has 0 aliphatic carbocycles. The van der Waals surface area contributed by atoms with Gasteiger partial charge in [0, 0.05) is 19.1 Å². The lowest BCUT2D eigenvalue weighted by Crippen LogP contribution is -2.37. The summed E-state index contributed by atoms with van der Waals surface area (Å²) in [6.45, 7) is 9.47. The monoisotopic (exact) mass is 266 g/mol. The molecule has 1 unspecified atom stereocenters. The fraction of sp³-hybridized carbons (Fsp3) is 0.923. The quantitative estimate of drug-likeness (QED) is 0.762. The van der Waals surface area contributed by atoms with E-state index in [9.17, 15) is 0 Å². The van der Waals surface area contributed by atoms with Crippen molar-refractivity contribution in [3.05, 3.63) is 5.82 Å². The molecule has 0 radical (unpaired) electrons. The maximum Gasteiger partial charge on any atom is 0.165 e. The van der Waals surface area contributed by atoms with E-state index in [4.69, 9.17) is 0 Å². The van der Waals surface area contributed by atoms with E-state index in [0.717, 1.165) is 45.0 Å². The third-order valence-corrected chi connectivity index (χ3v) is 3.78. The third-order valence-electron chi connectivity index (χ3n) is 3.78. The maximum atomic E-state index is 4.17. The lowest BCUT2D eigenvalue weighted by molar-refractivity contribution is 0.242. The molecular weight excluding hydrogens is 240 g/mol. The highest BCUT2D eigenvalue weighted by Gasteiger charge is 2.18. The molecule has 1 saturated heterocycles. The van der Waals surface area contributed by atoms with E-state index in [2.05, 4.69) is 39.6 Å². The van der Waals surface area contributed by atoms with Crippen molar-refractivity contribution in [2.75, 3.05) is 19.6 Å². The predicted octanol–water partition coefficient (Wildman–Crippen LogP) is 1.05. The van der Waals surface area contributed by atoms with E-state index in [1.54, 1.807) is 0 Å². The van der Waals surface area contributed by atoms with Crippen LogP contribution in [0.15, 0.2) is 0 Å². The summed E-state index contributed by atoms with van der Waals surface area (Å²) < 4.78 is 1.95. The second kappa shape index (κ2) is 7.55. The first-order chi connectivity index (χ1) is 9.33. The average molecular weight is 266 g/mol. The summed E-state index contributed by atoms with van der Waals surface area (Å²) in [5.74, 6) is 0.994. The molecule has 1 aliphatic heterocycles. The van der Waals surface area contributed by atoms with E-state index < -0.39 is 0 Å². The first-order valence-electron chi connectivity index (χ1n) is 7.54. The Morgan fingerprint density at radius 2 is 2.32 bits per heavy atom. The molecule has 6 nitrogen and oxygen atoms in total. The Labute approximate surface area is 115 Å². The number of aromatic nitrogens is 4. The minimum Gasteiger partial charge on any atom is -0.313 e. The molecule has 1 N–H and O–H groups in total. The summed E-state index contributed by atoms with van der Waals surface area (Å²) in [6, 6.07) is 0.639. The van der Waals surface area contributed by atoms with Gasteiger partial charge in [-0.15, -0.1) is 5.10 Å². The SMILES string of the molecule is CCCCn1nnnc1CN(CC)CC1CCCN1. The van der Waals surface area contributed by atoms with Crippen LogP contribution in [0.4, 0.5) is 0 Å². The Morgan fingerprint density at radius 3 is 3.00 bits per heavy atom. The number of rotatable bonds is 8. The van der Waals surface area contributed by atoms with Crippen LogP contribution in [0.2, 0.25) is 0 Å². The smallest absolute Gasteiger partial charge is 0.165 e. The molecule has 1 atom stereocenters. The highest BCUT2D eigenvalue weighted by molar-refractivity contribution is 4.84. The van der Waals surface area contributed by atoms with Gasteiger partial charge in [0.25, 0.3) is 0 Å². The van der Waals surface area contributed by atoms with Crippen LogP contribution in [-0.2, 0) is 13.1 Å². The summed E-state index contributed by atoms with van der Waals surface area (Å²) in [6.07, 6.45) is 4.89.